The Bertz CT molecular complexity index is 5360. The van der Waals surface area contributed by atoms with Crippen LogP contribution in [0.3, 0.4) is 0 Å². The van der Waals surface area contributed by atoms with E-state index in [9.17, 15) is 20.4 Å². The van der Waals surface area contributed by atoms with E-state index in [1.807, 2.05) is 18.2 Å². The van der Waals surface area contributed by atoms with Crippen LogP contribution >= 0.6 is 0 Å². The van der Waals surface area contributed by atoms with Crippen molar-refractivity contribution < 1.29 is 79.1 Å². The SMILES string of the molecule is CCc1cc(CC(C)(C)C)cc2c1CCCC2NCC(O)C(Cc1cc(F)cc(F)c1)NC(=O)CC(CC(=O)NC(Cc1cc(F)cc(F)c1)C(O)CNC1CCCc2ccc(CC(C)(C)C)cc21)(C(=O)NC(Cc1cc(F)cc(F)c1)C(O)CNC1CCNc2ccc(CC(C)(C)C)cc21)C(F)C(=O)NC(Cc1cc(F)cc(F)c1)C(O)CNC1CCCc2ccc(CC(C)(C)C)cc21. The Morgan fingerprint density at radius 1 is 0.370 bits per heavy atom. The van der Waals surface area contributed by atoms with Crippen LogP contribution in [0.15, 0.2) is 140 Å². The number of rotatable bonds is 40. The van der Waals surface area contributed by atoms with Gasteiger partial charge in [0.25, 0.3) is 5.91 Å². The van der Waals surface area contributed by atoms with E-state index in [1.165, 1.54) is 0 Å². The number of aryl methyl sites for hydroxylation is 3. The number of amides is 4. The molecular formula is C109H140F9N9O8. The van der Waals surface area contributed by atoms with Crippen molar-refractivity contribution in [1.29, 1.82) is 0 Å². The van der Waals surface area contributed by atoms with Crippen molar-refractivity contribution >= 4 is 29.3 Å². The first-order valence-electron chi connectivity index (χ1n) is 48.2. The van der Waals surface area contributed by atoms with Gasteiger partial charge in [-0.05, 0) is 287 Å². The van der Waals surface area contributed by atoms with Crippen molar-refractivity contribution in [2.75, 3.05) is 38.0 Å². The number of carbonyl (C=O) groups is 4. The van der Waals surface area contributed by atoms with Crippen LogP contribution in [-0.2, 0) is 96.2 Å². The molecule has 26 heteroatoms. The van der Waals surface area contributed by atoms with E-state index >= 15 is 58.7 Å². The molecule has 8 aromatic carbocycles. The lowest BCUT2D eigenvalue weighted by Gasteiger charge is -2.38. The zero-order chi connectivity index (χ0) is 97.8. The molecule has 0 bridgehead atoms. The molecule has 0 saturated heterocycles. The molecule has 13 N–H and O–H groups in total. The van der Waals surface area contributed by atoms with Crippen LogP contribution in [0.25, 0.3) is 0 Å². The Morgan fingerprint density at radius 2 is 0.689 bits per heavy atom. The first kappa shape index (κ1) is 104. The lowest BCUT2D eigenvalue weighted by Crippen LogP contribution is -2.62. The fourth-order valence-corrected chi connectivity index (χ4v) is 20.5. The number of benzene rings is 8. The highest BCUT2D eigenvalue weighted by Crippen LogP contribution is 2.42. The Hall–Kier alpha value is -9.51. The number of hydrogen-bond acceptors (Lipinski definition) is 13. The van der Waals surface area contributed by atoms with E-state index in [0.29, 0.717) is 62.9 Å². The molecule has 0 fully saturated rings. The molecule has 0 saturated carbocycles. The third-order valence-electron chi connectivity index (χ3n) is 26.5. The quantitative estimate of drug-likeness (QED) is 0.0160. The molecule has 14 unspecified atom stereocenters. The number of alkyl halides is 1. The van der Waals surface area contributed by atoms with Crippen molar-refractivity contribution in [2.45, 2.75) is 304 Å². The Morgan fingerprint density at radius 3 is 1.06 bits per heavy atom. The Balaban J connectivity index is 0.989. The maximum Gasteiger partial charge on any atom is 0.256 e. The monoisotopic (exact) mass is 1870 g/mol. The number of fused-ring (bicyclic) bond motifs is 4. The molecule has 12 rings (SSSR count). The summed E-state index contributed by atoms with van der Waals surface area (Å²) < 4.78 is 145. The van der Waals surface area contributed by atoms with E-state index in [-0.39, 0.29) is 75.6 Å². The molecule has 135 heavy (non-hydrogen) atoms. The van der Waals surface area contributed by atoms with Crippen LogP contribution in [0.1, 0.15) is 261 Å². The molecule has 732 valence electrons. The number of halogens is 9. The van der Waals surface area contributed by atoms with Crippen LogP contribution in [0, 0.1) is 73.6 Å². The number of anilines is 1. The molecule has 8 aromatic rings. The van der Waals surface area contributed by atoms with Gasteiger partial charge in [-0.1, -0.05) is 151 Å². The zero-order valence-electron chi connectivity index (χ0n) is 80.5. The molecule has 14 atom stereocenters. The molecule has 0 aromatic heterocycles. The standard InChI is InChI=1S/C109H140F9N9O8/c1-14-71-32-70(56-108(11,12)13)44-85-82(71)20-17-23-89(85)122-60-97(129)93(46-67-35-76(112)50-77(113)36-67)125-101(133)58-109(104(135)127-95(48-69-39-80(116)52-81(117)40-69)99(131)62-123-91-30-31-119-90-29-26-65(43-86(90)91)55-107(8,9)10,57-100(132)124-92(45-66-33-74(110)49-75(111)34-66)96(128)59-120-87-21-15-18-72-27-24-63(41-83(72)87)53-105(2,3)4)102(118)103(134)126-94(47-68-37-78(114)51-79(115)38-68)98(130)61-121-88-22-16-19-73-28-25-64(42-84(73)88)54-106(5,6)7/h24-29,32-44,49-52,87-89,91-99,102,119-123,128-131H,14-23,30-31,45-48,53-62H2,1-13H3,(H,124,132)(H,125,133)(H,126,134)(H,127,135). The van der Waals surface area contributed by atoms with Gasteiger partial charge in [-0.3, -0.25) is 19.2 Å². The number of nitrogens with one attached hydrogen (secondary N) is 9. The number of hydrogen-bond donors (Lipinski definition) is 13. The van der Waals surface area contributed by atoms with E-state index in [0.717, 1.165) is 185 Å². The molecule has 4 amide bonds. The minimum Gasteiger partial charge on any atom is -0.390 e. The van der Waals surface area contributed by atoms with E-state index in [1.54, 1.807) is 0 Å². The fraction of sp³-hybridized carbons (Fsp3) is 0.523. The summed E-state index contributed by atoms with van der Waals surface area (Å²) in [6.45, 7) is 26.5. The predicted octanol–water partition coefficient (Wildman–Crippen LogP) is 17.6. The Kier molecular flexibility index (Phi) is 35.1. The minimum absolute atomic E-state index is 0.0962. The second kappa shape index (κ2) is 45.4. The fourth-order valence-electron chi connectivity index (χ4n) is 20.5. The van der Waals surface area contributed by atoms with Gasteiger partial charge >= 0.3 is 0 Å². The van der Waals surface area contributed by atoms with Crippen LogP contribution in [0.5, 0.6) is 0 Å². The van der Waals surface area contributed by atoms with Crippen molar-refractivity contribution in [1.82, 2.24) is 42.5 Å². The summed E-state index contributed by atoms with van der Waals surface area (Å²) in [5.41, 5.74) is 8.54. The maximum atomic E-state index is 20.4. The smallest absolute Gasteiger partial charge is 0.256 e. The van der Waals surface area contributed by atoms with E-state index in [2.05, 4.69) is 186 Å². The molecule has 3 aliphatic carbocycles. The second-order valence-corrected chi connectivity index (χ2v) is 43.5. The van der Waals surface area contributed by atoms with Gasteiger partial charge in [0.15, 0.2) is 6.17 Å². The summed E-state index contributed by atoms with van der Waals surface area (Å²) in [7, 11) is 0. The molecule has 1 heterocycles. The molecular weight excluding hydrogens is 1730 g/mol. The molecule has 17 nitrogen and oxygen atoms in total. The van der Waals surface area contributed by atoms with Gasteiger partial charge in [0.1, 0.15) is 52.0 Å². The summed E-state index contributed by atoms with van der Waals surface area (Å²) in [6, 6.07) is 24.3. The summed E-state index contributed by atoms with van der Waals surface area (Å²) >= 11 is 0. The van der Waals surface area contributed by atoms with Crippen LogP contribution in [-0.4, -0.2) is 132 Å². The first-order chi connectivity index (χ1) is 63.6. The van der Waals surface area contributed by atoms with E-state index in [4.69, 9.17) is 0 Å². The predicted molar refractivity (Wildman–Crippen MR) is 511 cm³/mol. The highest BCUT2D eigenvalue weighted by Gasteiger charge is 2.55. The topological polar surface area (TPSA) is 257 Å². The van der Waals surface area contributed by atoms with Crippen molar-refractivity contribution in [2.24, 2.45) is 27.1 Å². The van der Waals surface area contributed by atoms with Crippen LogP contribution < -0.4 is 47.9 Å². The zero-order valence-corrected chi connectivity index (χ0v) is 80.5. The molecule has 1 aliphatic heterocycles. The summed E-state index contributed by atoms with van der Waals surface area (Å²) in [4.78, 5) is 66.2. The molecule has 0 radical (unpaired) electrons. The van der Waals surface area contributed by atoms with Gasteiger partial charge in [0.2, 0.25) is 17.7 Å². The summed E-state index contributed by atoms with van der Waals surface area (Å²) in [5, 5.41) is 79.4. The number of aliphatic hydroxyl groups is 4. The molecule has 0 spiro atoms. The van der Waals surface area contributed by atoms with Crippen molar-refractivity contribution in [3.8, 4) is 0 Å². The Labute approximate surface area is 790 Å². The summed E-state index contributed by atoms with van der Waals surface area (Å²) in [6.07, 6.45) is -6.11. The van der Waals surface area contributed by atoms with Crippen molar-refractivity contribution in [3.63, 3.8) is 0 Å². The van der Waals surface area contributed by atoms with Gasteiger partial charge in [-0.15, -0.1) is 0 Å². The summed E-state index contributed by atoms with van der Waals surface area (Å²) in [5.74, 6) is -14.8. The lowest BCUT2D eigenvalue weighted by molar-refractivity contribution is -0.152. The van der Waals surface area contributed by atoms with Crippen LogP contribution in [0.4, 0.5) is 45.2 Å². The van der Waals surface area contributed by atoms with Gasteiger partial charge in [-0.25, -0.2) is 39.5 Å². The normalized spacial score (nSPS) is 18.8. The van der Waals surface area contributed by atoms with Gasteiger partial charge in [0, 0.05) is 99.7 Å². The largest absolute Gasteiger partial charge is 0.390 e. The third kappa shape index (κ3) is 30.0. The van der Waals surface area contributed by atoms with E-state index < -0.39 is 187 Å². The first-order valence-corrected chi connectivity index (χ1v) is 48.2. The molecule has 4 aliphatic rings. The average Bonchev–Trinajstić information content (AvgIpc) is 0.763. The van der Waals surface area contributed by atoms with Gasteiger partial charge in [-0.2, -0.15) is 0 Å². The maximum absolute atomic E-state index is 20.4. The highest BCUT2D eigenvalue weighted by atomic mass is 19.2. The third-order valence-corrected chi connectivity index (χ3v) is 26.5. The highest BCUT2D eigenvalue weighted by molar-refractivity contribution is 5.99. The van der Waals surface area contributed by atoms with Crippen LogP contribution in [0.2, 0.25) is 0 Å². The van der Waals surface area contributed by atoms with Crippen molar-refractivity contribution in [3.05, 3.63) is 275 Å². The minimum atomic E-state index is -3.55. The van der Waals surface area contributed by atoms with Gasteiger partial charge < -0.3 is 68.3 Å². The second-order valence-electron chi connectivity index (χ2n) is 43.5. The van der Waals surface area contributed by atoms with Gasteiger partial charge in [0.05, 0.1) is 48.6 Å². The lowest BCUT2D eigenvalue weighted by atomic mass is 9.73. The average molecular weight is 1880 g/mol. The number of carbonyl (C=O) groups excluding carboxylic acids is 4. The number of aliphatic hydroxyl groups excluding tert-OH is 4.